The molecule has 0 spiro atoms. The van der Waals surface area contributed by atoms with Crippen molar-refractivity contribution in [1.82, 2.24) is 30.2 Å². The van der Waals surface area contributed by atoms with E-state index in [-0.39, 0.29) is 6.03 Å². The first-order valence-corrected chi connectivity index (χ1v) is 11.2. The number of carbonyl (C=O) groups is 1. The molecule has 4 N–H and O–H groups in total. The molecule has 0 saturated heterocycles. The second-order valence-electron chi connectivity index (χ2n) is 7.65. The molecule has 170 valence electrons. The maximum Gasteiger partial charge on any atom is 0.321 e. The van der Waals surface area contributed by atoms with Gasteiger partial charge in [0.2, 0.25) is 5.95 Å². The number of H-pyrrole nitrogens is 1. The summed E-state index contributed by atoms with van der Waals surface area (Å²) in [7, 11) is 0. The van der Waals surface area contributed by atoms with Crippen molar-refractivity contribution >= 4 is 28.8 Å². The Bertz CT molecular complexity index is 1220. The molecule has 1 aromatic carbocycles. The van der Waals surface area contributed by atoms with E-state index < -0.39 is 0 Å². The quantitative estimate of drug-likeness (QED) is 0.309. The molecule has 4 rings (SSSR count). The van der Waals surface area contributed by atoms with Gasteiger partial charge in [-0.1, -0.05) is 13.8 Å². The van der Waals surface area contributed by atoms with Gasteiger partial charge in [-0.2, -0.15) is 0 Å². The van der Waals surface area contributed by atoms with Gasteiger partial charge in [0.05, 0.1) is 5.52 Å². The van der Waals surface area contributed by atoms with E-state index in [1.54, 1.807) is 18.5 Å². The number of anilines is 2. The normalized spacial score (nSPS) is 11.0. The average molecular weight is 445 g/mol. The molecule has 0 atom stereocenters. The lowest BCUT2D eigenvalue weighted by molar-refractivity contribution is 0.252. The van der Waals surface area contributed by atoms with Crippen LogP contribution in [0.25, 0.3) is 33.5 Å². The summed E-state index contributed by atoms with van der Waals surface area (Å²) < 4.78 is 0. The highest BCUT2D eigenvalue weighted by atomic mass is 16.2. The van der Waals surface area contributed by atoms with Crippen molar-refractivity contribution in [2.24, 2.45) is 0 Å². The number of imidazole rings is 1. The summed E-state index contributed by atoms with van der Waals surface area (Å²) >= 11 is 0. The highest BCUT2D eigenvalue weighted by molar-refractivity contribution is 5.97. The lowest BCUT2D eigenvalue weighted by Gasteiger charge is -2.15. The number of amides is 2. The topological polar surface area (TPSA) is 121 Å². The van der Waals surface area contributed by atoms with Gasteiger partial charge in [0.25, 0.3) is 0 Å². The van der Waals surface area contributed by atoms with Crippen molar-refractivity contribution in [3.63, 3.8) is 0 Å². The van der Waals surface area contributed by atoms with Crippen molar-refractivity contribution < 1.29 is 4.79 Å². The Morgan fingerprint density at radius 3 is 2.48 bits per heavy atom. The molecule has 33 heavy (non-hydrogen) atoms. The number of nitrogens with zero attached hydrogens (tertiary/aromatic N) is 4. The van der Waals surface area contributed by atoms with E-state index in [4.69, 9.17) is 0 Å². The zero-order valence-corrected chi connectivity index (χ0v) is 19.0. The average Bonchev–Trinajstić information content (AvgIpc) is 3.25. The summed E-state index contributed by atoms with van der Waals surface area (Å²) in [6.07, 6.45) is 7.33. The molecule has 0 radical (unpaired) electrons. The lowest BCUT2D eigenvalue weighted by atomic mass is 10.0. The highest BCUT2D eigenvalue weighted by Crippen LogP contribution is 2.32. The SMILES string of the molecule is CCNC(=O)Nc1nc2c(-c3ncccn3)cc(-c3ccc(NC(CC)CC)nc3)cc2[nH]1. The Balaban J connectivity index is 1.73. The first kappa shape index (κ1) is 22.2. The van der Waals surface area contributed by atoms with E-state index in [1.165, 1.54) is 0 Å². The van der Waals surface area contributed by atoms with Gasteiger partial charge in [0.15, 0.2) is 5.82 Å². The van der Waals surface area contributed by atoms with E-state index in [1.807, 2.05) is 37.4 Å². The Labute approximate surface area is 192 Å². The largest absolute Gasteiger partial charge is 0.367 e. The molecule has 9 nitrogen and oxygen atoms in total. The number of hydrogen-bond acceptors (Lipinski definition) is 6. The summed E-state index contributed by atoms with van der Waals surface area (Å²) in [4.78, 5) is 33.2. The molecule has 3 heterocycles. The molecule has 0 aliphatic heterocycles. The second kappa shape index (κ2) is 10.1. The van der Waals surface area contributed by atoms with Gasteiger partial charge in [-0.05, 0) is 55.7 Å². The predicted molar refractivity (Wildman–Crippen MR) is 131 cm³/mol. The predicted octanol–water partition coefficient (Wildman–Crippen LogP) is 4.82. The zero-order valence-electron chi connectivity index (χ0n) is 19.0. The van der Waals surface area contributed by atoms with Gasteiger partial charge >= 0.3 is 6.03 Å². The molecule has 3 aromatic heterocycles. The number of benzene rings is 1. The van der Waals surface area contributed by atoms with E-state index in [0.29, 0.717) is 29.9 Å². The lowest BCUT2D eigenvalue weighted by Crippen LogP contribution is -2.28. The molecule has 0 aliphatic rings. The van der Waals surface area contributed by atoms with E-state index in [0.717, 1.165) is 40.9 Å². The maximum atomic E-state index is 12.0. The van der Waals surface area contributed by atoms with Gasteiger partial charge in [-0.15, -0.1) is 0 Å². The number of aromatic amines is 1. The van der Waals surface area contributed by atoms with Crippen molar-refractivity contribution in [2.75, 3.05) is 17.2 Å². The van der Waals surface area contributed by atoms with E-state index in [9.17, 15) is 4.79 Å². The van der Waals surface area contributed by atoms with Crippen molar-refractivity contribution in [3.8, 4) is 22.5 Å². The van der Waals surface area contributed by atoms with Crippen LogP contribution >= 0.6 is 0 Å². The monoisotopic (exact) mass is 444 g/mol. The minimum Gasteiger partial charge on any atom is -0.367 e. The molecule has 0 aliphatic carbocycles. The van der Waals surface area contributed by atoms with Crippen LogP contribution in [0.4, 0.5) is 16.6 Å². The van der Waals surface area contributed by atoms with Crippen molar-refractivity contribution in [2.45, 2.75) is 39.7 Å². The van der Waals surface area contributed by atoms with Crippen LogP contribution in [0.5, 0.6) is 0 Å². The fraction of sp³-hybridized carbons (Fsp3) is 0.292. The summed E-state index contributed by atoms with van der Waals surface area (Å²) in [5, 5.41) is 8.89. The van der Waals surface area contributed by atoms with Crippen LogP contribution in [-0.2, 0) is 0 Å². The number of fused-ring (bicyclic) bond motifs is 1. The van der Waals surface area contributed by atoms with Crippen LogP contribution in [-0.4, -0.2) is 43.5 Å². The van der Waals surface area contributed by atoms with Gasteiger partial charge in [0, 0.05) is 42.3 Å². The Kier molecular flexibility index (Phi) is 6.77. The molecule has 0 unspecified atom stereocenters. The Hall–Kier alpha value is -4.01. The van der Waals surface area contributed by atoms with Crippen LogP contribution < -0.4 is 16.0 Å². The number of urea groups is 1. The number of nitrogens with one attached hydrogen (secondary N) is 4. The molecule has 0 fully saturated rings. The summed E-state index contributed by atoms with van der Waals surface area (Å²) in [5.74, 6) is 1.77. The summed E-state index contributed by atoms with van der Waals surface area (Å²) in [6.45, 7) is 6.71. The third kappa shape index (κ3) is 5.08. The number of carbonyl (C=O) groups excluding carboxylic acids is 1. The van der Waals surface area contributed by atoms with Crippen molar-refractivity contribution in [3.05, 3.63) is 48.9 Å². The van der Waals surface area contributed by atoms with Gasteiger partial charge in [0.1, 0.15) is 11.3 Å². The Morgan fingerprint density at radius 2 is 1.82 bits per heavy atom. The first-order chi connectivity index (χ1) is 16.1. The smallest absolute Gasteiger partial charge is 0.321 e. The van der Waals surface area contributed by atoms with Gasteiger partial charge in [-0.3, -0.25) is 5.32 Å². The fourth-order valence-corrected chi connectivity index (χ4v) is 3.62. The van der Waals surface area contributed by atoms with Crippen LogP contribution in [0.3, 0.4) is 0 Å². The third-order valence-corrected chi connectivity index (χ3v) is 5.40. The molecule has 4 aromatic rings. The molecular formula is C24H28N8O. The van der Waals surface area contributed by atoms with Crippen LogP contribution in [0.2, 0.25) is 0 Å². The fourth-order valence-electron chi connectivity index (χ4n) is 3.62. The Morgan fingerprint density at radius 1 is 1.03 bits per heavy atom. The van der Waals surface area contributed by atoms with Crippen LogP contribution in [0.1, 0.15) is 33.6 Å². The second-order valence-corrected chi connectivity index (χ2v) is 7.65. The van der Waals surface area contributed by atoms with Gasteiger partial charge < -0.3 is 15.6 Å². The summed E-state index contributed by atoms with van der Waals surface area (Å²) in [6, 6.07) is 9.88. The number of aromatic nitrogens is 5. The minimum absolute atomic E-state index is 0.320. The van der Waals surface area contributed by atoms with E-state index in [2.05, 4.69) is 54.7 Å². The summed E-state index contributed by atoms with van der Waals surface area (Å²) in [5.41, 5.74) is 4.11. The van der Waals surface area contributed by atoms with Crippen LogP contribution in [0, 0.1) is 0 Å². The number of rotatable bonds is 8. The van der Waals surface area contributed by atoms with E-state index >= 15 is 0 Å². The van der Waals surface area contributed by atoms with Gasteiger partial charge in [-0.25, -0.2) is 24.7 Å². The zero-order chi connectivity index (χ0) is 23.2. The molecule has 0 bridgehead atoms. The minimum atomic E-state index is -0.320. The number of hydrogen-bond donors (Lipinski definition) is 4. The first-order valence-electron chi connectivity index (χ1n) is 11.2. The van der Waals surface area contributed by atoms with Crippen molar-refractivity contribution in [1.29, 1.82) is 0 Å². The standard InChI is InChI=1S/C24H28N8O/c1-4-17(5-2)29-20-9-8-15(14-28-20)16-12-18(22-26-10-7-11-27-22)21-19(13-16)30-23(31-21)32-24(33)25-6-3/h7-14,17H,4-6H2,1-3H3,(H,28,29)(H3,25,30,31,32,33). The molecule has 9 heteroatoms. The molecule has 2 amide bonds. The molecular weight excluding hydrogens is 416 g/mol. The van der Waals surface area contributed by atoms with Crippen LogP contribution in [0.15, 0.2) is 48.9 Å². The third-order valence-electron chi connectivity index (χ3n) is 5.40. The number of pyridine rings is 1. The maximum absolute atomic E-state index is 12.0. The molecule has 0 saturated carbocycles. The highest BCUT2D eigenvalue weighted by Gasteiger charge is 2.15.